The number of halogens is 1. The molecule has 2 amide bonds. The molecule has 1 aromatic rings. The van der Waals surface area contributed by atoms with Crippen molar-refractivity contribution in [2.75, 3.05) is 5.32 Å². The van der Waals surface area contributed by atoms with Gasteiger partial charge in [0.1, 0.15) is 5.92 Å². The normalized spacial score (nSPS) is 19.8. The summed E-state index contributed by atoms with van der Waals surface area (Å²) >= 11 is 7.10. The maximum Gasteiger partial charge on any atom is 0.243 e. The van der Waals surface area contributed by atoms with Crippen LogP contribution in [-0.4, -0.2) is 17.1 Å². The molecule has 1 aliphatic heterocycles. The average molecular weight is 389 g/mol. The van der Waals surface area contributed by atoms with Crippen LogP contribution in [0.5, 0.6) is 0 Å². The number of anilines is 1. The third-order valence-corrected chi connectivity index (χ3v) is 5.57. The highest BCUT2D eigenvalue weighted by Gasteiger charge is 2.45. The molecule has 1 aromatic carbocycles. The molecule has 8 heteroatoms. The van der Waals surface area contributed by atoms with Crippen LogP contribution in [0.25, 0.3) is 0 Å². The van der Waals surface area contributed by atoms with Crippen molar-refractivity contribution in [3.8, 4) is 12.1 Å². The van der Waals surface area contributed by atoms with E-state index in [9.17, 15) is 20.1 Å². The summed E-state index contributed by atoms with van der Waals surface area (Å²) in [6, 6.07) is 10.9. The number of thioether (sulfide) groups is 1. The molecule has 0 spiro atoms. The third kappa shape index (κ3) is 3.85. The second-order valence-electron chi connectivity index (χ2n) is 6.32. The second-order valence-corrected chi connectivity index (χ2v) is 8.08. The smallest absolute Gasteiger partial charge is 0.243 e. The van der Waals surface area contributed by atoms with Crippen molar-refractivity contribution < 1.29 is 9.59 Å². The Labute approximate surface area is 161 Å². The van der Waals surface area contributed by atoms with Crippen LogP contribution in [0.1, 0.15) is 20.8 Å². The van der Waals surface area contributed by atoms with Crippen LogP contribution in [0, 0.1) is 34.0 Å². The molecule has 2 rings (SSSR count). The molecule has 0 saturated carbocycles. The summed E-state index contributed by atoms with van der Waals surface area (Å²) in [7, 11) is 0. The van der Waals surface area contributed by atoms with Gasteiger partial charge in [-0.1, -0.05) is 49.3 Å². The van der Waals surface area contributed by atoms with Gasteiger partial charge < -0.3 is 10.6 Å². The molecule has 6 nitrogen and oxygen atoms in total. The zero-order chi connectivity index (χ0) is 19.5. The van der Waals surface area contributed by atoms with E-state index in [1.807, 2.05) is 6.07 Å². The third-order valence-electron chi connectivity index (χ3n) is 4.13. The molecule has 1 aliphatic rings. The Hall–Kier alpha value is -2.48. The quantitative estimate of drug-likeness (QED) is 0.821. The number of allylic oxidation sites excluding steroid dienone is 1. The molecule has 0 aromatic heterocycles. The molecular weight excluding hydrogens is 372 g/mol. The van der Waals surface area contributed by atoms with E-state index in [0.717, 1.165) is 11.8 Å². The van der Waals surface area contributed by atoms with Gasteiger partial charge in [-0.25, -0.2) is 0 Å². The van der Waals surface area contributed by atoms with Crippen LogP contribution in [0.15, 0.2) is 34.9 Å². The fourth-order valence-corrected chi connectivity index (χ4v) is 3.83. The molecule has 0 aliphatic carbocycles. The van der Waals surface area contributed by atoms with Crippen molar-refractivity contribution in [3.63, 3.8) is 0 Å². The molecule has 0 unspecified atom stereocenters. The van der Waals surface area contributed by atoms with E-state index in [4.69, 9.17) is 11.6 Å². The minimum Gasteiger partial charge on any atom is -0.324 e. The Kier molecular flexibility index (Phi) is 5.97. The monoisotopic (exact) mass is 388 g/mol. The number of carbonyl (C=O) groups is 2. The number of nitriles is 2. The molecule has 0 fully saturated rings. The Balaban J connectivity index is 2.23. The van der Waals surface area contributed by atoms with Crippen LogP contribution in [0.4, 0.5) is 5.69 Å². The van der Waals surface area contributed by atoms with Gasteiger partial charge in [-0.15, -0.1) is 0 Å². The second kappa shape index (κ2) is 7.82. The largest absolute Gasteiger partial charge is 0.324 e. The Morgan fingerprint density at radius 1 is 1.38 bits per heavy atom. The topological polar surface area (TPSA) is 106 Å². The Bertz CT molecular complexity index is 867. The number of para-hydroxylation sites is 1. The van der Waals surface area contributed by atoms with E-state index in [1.54, 1.807) is 45.0 Å². The number of nitrogens with one attached hydrogen (secondary N) is 2. The molecule has 2 N–H and O–H groups in total. The van der Waals surface area contributed by atoms with Gasteiger partial charge in [0.25, 0.3) is 0 Å². The lowest BCUT2D eigenvalue weighted by Gasteiger charge is -2.35. The molecule has 26 heavy (non-hydrogen) atoms. The van der Waals surface area contributed by atoms with Crippen LogP contribution in [-0.2, 0) is 9.59 Å². The molecule has 134 valence electrons. The molecular formula is C18H17ClN4O2S. The number of hydrogen-bond donors (Lipinski definition) is 2. The lowest BCUT2D eigenvalue weighted by Crippen LogP contribution is -2.45. The van der Waals surface area contributed by atoms with Crippen LogP contribution in [0.3, 0.4) is 0 Å². The number of amides is 2. The van der Waals surface area contributed by atoms with Gasteiger partial charge in [-0.05, 0) is 19.1 Å². The van der Waals surface area contributed by atoms with E-state index in [0.29, 0.717) is 15.7 Å². The van der Waals surface area contributed by atoms with Crippen molar-refractivity contribution in [3.05, 3.63) is 39.9 Å². The summed E-state index contributed by atoms with van der Waals surface area (Å²) < 4.78 is 0. The van der Waals surface area contributed by atoms with E-state index in [2.05, 4.69) is 16.7 Å². The Morgan fingerprint density at radius 3 is 2.62 bits per heavy atom. The first-order chi connectivity index (χ1) is 12.2. The van der Waals surface area contributed by atoms with Crippen LogP contribution in [0.2, 0.25) is 5.02 Å². The standard InChI is InChI=1S/C18H17ClN4O2S/c1-10(15(24)22-14-7-5-4-6-13(14)19)26-17-12(9-21)18(2,3)11(8-20)16(25)23-17/h4-7,10-11H,1-3H3,(H,22,24)(H,23,25)/t10-,11-/m0/s1. The summed E-state index contributed by atoms with van der Waals surface area (Å²) in [5, 5.41) is 24.2. The highest BCUT2D eigenvalue weighted by Crippen LogP contribution is 2.42. The molecule has 0 radical (unpaired) electrons. The number of rotatable bonds is 4. The predicted octanol–water partition coefficient (Wildman–Crippen LogP) is 3.43. The Morgan fingerprint density at radius 2 is 2.04 bits per heavy atom. The van der Waals surface area contributed by atoms with E-state index in [1.165, 1.54) is 0 Å². The van der Waals surface area contributed by atoms with Gasteiger partial charge in [0.2, 0.25) is 11.8 Å². The highest BCUT2D eigenvalue weighted by molar-refractivity contribution is 8.04. The van der Waals surface area contributed by atoms with Crippen LogP contribution < -0.4 is 10.6 Å². The maximum atomic E-state index is 12.4. The first-order valence-electron chi connectivity index (χ1n) is 7.79. The van der Waals surface area contributed by atoms with Crippen molar-refractivity contribution >= 4 is 40.9 Å². The number of nitrogens with zero attached hydrogens (tertiary/aromatic N) is 2. The van der Waals surface area contributed by atoms with Gasteiger partial charge in [0, 0.05) is 5.41 Å². The summed E-state index contributed by atoms with van der Waals surface area (Å²) in [6.07, 6.45) is 0. The van der Waals surface area contributed by atoms with E-state index >= 15 is 0 Å². The molecule has 0 bridgehead atoms. The SMILES string of the molecule is C[C@H](SC1=C(C#N)C(C)(C)[C@@H](C#N)C(=O)N1)C(=O)Nc1ccccc1Cl. The lowest BCUT2D eigenvalue weighted by atomic mass is 9.72. The fraction of sp³-hybridized carbons (Fsp3) is 0.333. The number of hydrogen-bond acceptors (Lipinski definition) is 5. The molecule has 1 heterocycles. The van der Waals surface area contributed by atoms with Gasteiger partial charge in [-0.3, -0.25) is 9.59 Å². The summed E-state index contributed by atoms with van der Waals surface area (Å²) in [5.74, 6) is -1.76. The first-order valence-corrected chi connectivity index (χ1v) is 9.05. The maximum absolute atomic E-state index is 12.4. The summed E-state index contributed by atoms with van der Waals surface area (Å²) in [4.78, 5) is 24.6. The van der Waals surface area contributed by atoms with E-state index < -0.39 is 22.5 Å². The minimum absolute atomic E-state index is 0.283. The number of benzene rings is 1. The van der Waals surface area contributed by atoms with Crippen molar-refractivity contribution in [2.45, 2.75) is 26.0 Å². The zero-order valence-electron chi connectivity index (χ0n) is 14.5. The highest BCUT2D eigenvalue weighted by atomic mass is 35.5. The van der Waals surface area contributed by atoms with Gasteiger partial charge >= 0.3 is 0 Å². The van der Waals surface area contributed by atoms with Gasteiger partial charge in [0.05, 0.1) is 38.7 Å². The average Bonchev–Trinajstić information content (AvgIpc) is 2.56. The molecule has 2 atom stereocenters. The number of carbonyl (C=O) groups excluding carboxylic acids is 2. The predicted molar refractivity (Wildman–Crippen MR) is 101 cm³/mol. The van der Waals surface area contributed by atoms with Crippen molar-refractivity contribution in [2.24, 2.45) is 11.3 Å². The van der Waals surface area contributed by atoms with Gasteiger partial charge in [0.15, 0.2) is 0 Å². The first kappa shape index (κ1) is 19.8. The summed E-state index contributed by atoms with van der Waals surface area (Å²) in [5.41, 5.74) is -0.169. The fourth-order valence-electron chi connectivity index (χ4n) is 2.54. The zero-order valence-corrected chi connectivity index (χ0v) is 16.0. The van der Waals surface area contributed by atoms with Gasteiger partial charge in [-0.2, -0.15) is 10.5 Å². The van der Waals surface area contributed by atoms with Crippen molar-refractivity contribution in [1.82, 2.24) is 5.32 Å². The lowest BCUT2D eigenvalue weighted by molar-refractivity contribution is -0.125. The van der Waals surface area contributed by atoms with E-state index in [-0.39, 0.29) is 11.5 Å². The van der Waals surface area contributed by atoms with Crippen molar-refractivity contribution in [1.29, 1.82) is 10.5 Å². The molecule has 0 saturated heterocycles. The summed E-state index contributed by atoms with van der Waals surface area (Å²) in [6.45, 7) is 5.01. The minimum atomic E-state index is -0.964. The van der Waals surface area contributed by atoms with Crippen LogP contribution >= 0.6 is 23.4 Å².